The maximum absolute atomic E-state index is 5.77. The molecule has 0 unspecified atom stereocenters. The molecule has 1 aliphatic carbocycles. The first kappa shape index (κ1) is 9.71. The maximum Gasteiger partial charge on any atom is 0.105 e. The standard InChI is InChI=1S/C11H19N3/c1-8-13-11(9-5-3-4-6-9)10(7-12)14(8)2/h9H,3-7,12H2,1-2H3. The third-order valence-electron chi connectivity index (χ3n) is 3.40. The highest BCUT2D eigenvalue weighted by atomic mass is 15.1. The Hall–Kier alpha value is -0.830. The van der Waals surface area contributed by atoms with Gasteiger partial charge in [-0.3, -0.25) is 0 Å². The zero-order valence-electron chi connectivity index (χ0n) is 9.08. The van der Waals surface area contributed by atoms with Crippen LogP contribution in [0.25, 0.3) is 0 Å². The number of nitrogens with two attached hydrogens (primary N) is 1. The van der Waals surface area contributed by atoms with Crippen LogP contribution in [0.5, 0.6) is 0 Å². The van der Waals surface area contributed by atoms with E-state index in [1.54, 1.807) is 0 Å². The predicted molar refractivity (Wildman–Crippen MR) is 57.0 cm³/mol. The zero-order valence-corrected chi connectivity index (χ0v) is 9.08. The molecule has 0 saturated heterocycles. The Bertz CT molecular complexity index is 322. The molecule has 1 fully saturated rings. The van der Waals surface area contributed by atoms with Gasteiger partial charge >= 0.3 is 0 Å². The van der Waals surface area contributed by atoms with E-state index in [0.29, 0.717) is 12.5 Å². The summed E-state index contributed by atoms with van der Waals surface area (Å²) in [4.78, 5) is 4.65. The summed E-state index contributed by atoms with van der Waals surface area (Å²) in [6.45, 7) is 2.67. The third kappa shape index (κ3) is 1.46. The number of aryl methyl sites for hydroxylation is 1. The Kier molecular flexibility index (Phi) is 2.59. The largest absolute Gasteiger partial charge is 0.334 e. The van der Waals surface area contributed by atoms with Crippen LogP contribution in [-0.2, 0) is 13.6 Å². The second-order valence-corrected chi connectivity index (χ2v) is 4.24. The number of hydrogen-bond donors (Lipinski definition) is 1. The second kappa shape index (κ2) is 3.73. The SMILES string of the molecule is Cc1nc(C2CCCC2)c(CN)n1C. The van der Waals surface area contributed by atoms with Gasteiger partial charge in [0.25, 0.3) is 0 Å². The summed E-state index contributed by atoms with van der Waals surface area (Å²) in [5.74, 6) is 1.76. The van der Waals surface area contributed by atoms with Crippen LogP contribution in [-0.4, -0.2) is 9.55 Å². The van der Waals surface area contributed by atoms with E-state index in [2.05, 4.69) is 23.5 Å². The van der Waals surface area contributed by atoms with Gasteiger partial charge in [-0.25, -0.2) is 4.98 Å². The minimum Gasteiger partial charge on any atom is -0.334 e. The monoisotopic (exact) mass is 193 g/mol. The van der Waals surface area contributed by atoms with Gasteiger partial charge in [0.2, 0.25) is 0 Å². The van der Waals surface area contributed by atoms with Gasteiger partial charge in [-0.15, -0.1) is 0 Å². The van der Waals surface area contributed by atoms with E-state index in [4.69, 9.17) is 5.73 Å². The minimum atomic E-state index is 0.614. The first-order valence-electron chi connectivity index (χ1n) is 5.46. The van der Waals surface area contributed by atoms with Gasteiger partial charge in [-0.2, -0.15) is 0 Å². The Balaban J connectivity index is 2.36. The van der Waals surface area contributed by atoms with E-state index in [9.17, 15) is 0 Å². The molecular weight excluding hydrogens is 174 g/mol. The average molecular weight is 193 g/mol. The van der Waals surface area contributed by atoms with Crippen LogP contribution in [0.4, 0.5) is 0 Å². The highest BCUT2D eigenvalue weighted by molar-refractivity contribution is 5.21. The molecule has 0 aromatic carbocycles. The summed E-state index contributed by atoms with van der Waals surface area (Å²) >= 11 is 0. The molecule has 0 bridgehead atoms. The number of rotatable bonds is 2. The normalized spacial score (nSPS) is 17.9. The van der Waals surface area contributed by atoms with Crippen LogP contribution in [0.3, 0.4) is 0 Å². The molecule has 2 rings (SSSR count). The first-order chi connectivity index (χ1) is 6.74. The minimum absolute atomic E-state index is 0.614. The molecule has 1 aromatic heterocycles. The molecule has 1 aromatic rings. The Morgan fingerprint density at radius 2 is 2.07 bits per heavy atom. The Labute approximate surface area is 85.3 Å². The summed E-state index contributed by atoms with van der Waals surface area (Å²) in [6, 6.07) is 0. The number of aromatic nitrogens is 2. The fourth-order valence-corrected chi connectivity index (χ4v) is 2.45. The molecule has 0 atom stereocenters. The molecule has 3 heteroatoms. The number of hydrogen-bond acceptors (Lipinski definition) is 2. The molecule has 0 amide bonds. The lowest BCUT2D eigenvalue weighted by Gasteiger charge is -2.08. The highest BCUT2D eigenvalue weighted by Crippen LogP contribution is 2.35. The predicted octanol–water partition coefficient (Wildman–Crippen LogP) is 1.84. The first-order valence-corrected chi connectivity index (χ1v) is 5.46. The number of imidazole rings is 1. The fraction of sp³-hybridized carbons (Fsp3) is 0.727. The van der Waals surface area contributed by atoms with Gasteiger partial charge in [0, 0.05) is 19.5 Å². The molecular formula is C11H19N3. The molecule has 3 nitrogen and oxygen atoms in total. The molecule has 1 saturated carbocycles. The third-order valence-corrected chi connectivity index (χ3v) is 3.40. The van der Waals surface area contributed by atoms with E-state index >= 15 is 0 Å². The van der Waals surface area contributed by atoms with E-state index in [-0.39, 0.29) is 0 Å². The maximum atomic E-state index is 5.77. The van der Waals surface area contributed by atoms with Crippen molar-refractivity contribution in [3.8, 4) is 0 Å². The van der Waals surface area contributed by atoms with Crippen LogP contribution in [0, 0.1) is 6.92 Å². The molecule has 1 aliphatic rings. The Morgan fingerprint density at radius 3 is 2.64 bits per heavy atom. The zero-order chi connectivity index (χ0) is 10.1. The van der Waals surface area contributed by atoms with Crippen molar-refractivity contribution in [3.63, 3.8) is 0 Å². The molecule has 14 heavy (non-hydrogen) atoms. The summed E-state index contributed by atoms with van der Waals surface area (Å²) in [5, 5.41) is 0. The van der Waals surface area contributed by atoms with Crippen LogP contribution in [0.2, 0.25) is 0 Å². The van der Waals surface area contributed by atoms with Gasteiger partial charge in [-0.05, 0) is 19.8 Å². The van der Waals surface area contributed by atoms with Crippen LogP contribution >= 0.6 is 0 Å². The van der Waals surface area contributed by atoms with Crippen molar-refractivity contribution in [1.82, 2.24) is 9.55 Å². The average Bonchev–Trinajstić information content (AvgIpc) is 2.76. The van der Waals surface area contributed by atoms with Crippen molar-refractivity contribution in [2.45, 2.75) is 45.1 Å². The molecule has 2 N–H and O–H groups in total. The van der Waals surface area contributed by atoms with E-state index in [1.807, 2.05) is 0 Å². The van der Waals surface area contributed by atoms with Crippen LogP contribution in [0.1, 0.15) is 48.8 Å². The smallest absolute Gasteiger partial charge is 0.105 e. The van der Waals surface area contributed by atoms with Gasteiger partial charge < -0.3 is 10.3 Å². The van der Waals surface area contributed by atoms with Gasteiger partial charge in [0.1, 0.15) is 5.82 Å². The molecule has 0 spiro atoms. The highest BCUT2D eigenvalue weighted by Gasteiger charge is 2.23. The molecule has 78 valence electrons. The molecule has 0 radical (unpaired) electrons. The van der Waals surface area contributed by atoms with Crippen LogP contribution in [0.15, 0.2) is 0 Å². The van der Waals surface area contributed by atoms with E-state index in [0.717, 1.165) is 5.82 Å². The van der Waals surface area contributed by atoms with Gasteiger partial charge in [-0.1, -0.05) is 12.8 Å². The Morgan fingerprint density at radius 1 is 1.43 bits per heavy atom. The lowest BCUT2D eigenvalue weighted by Crippen LogP contribution is -2.08. The van der Waals surface area contributed by atoms with Gasteiger partial charge in [0.05, 0.1) is 11.4 Å². The van der Waals surface area contributed by atoms with Gasteiger partial charge in [0.15, 0.2) is 0 Å². The van der Waals surface area contributed by atoms with Crippen molar-refractivity contribution in [3.05, 3.63) is 17.2 Å². The summed E-state index contributed by atoms with van der Waals surface area (Å²) in [7, 11) is 2.06. The summed E-state index contributed by atoms with van der Waals surface area (Å²) in [5.41, 5.74) is 8.27. The van der Waals surface area contributed by atoms with E-state index in [1.165, 1.54) is 37.1 Å². The lowest BCUT2D eigenvalue weighted by atomic mass is 10.0. The van der Waals surface area contributed by atoms with E-state index < -0.39 is 0 Å². The number of nitrogens with zero attached hydrogens (tertiary/aromatic N) is 2. The van der Waals surface area contributed by atoms with Crippen molar-refractivity contribution >= 4 is 0 Å². The fourth-order valence-electron chi connectivity index (χ4n) is 2.45. The lowest BCUT2D eigenvalue weighted by molar-refractivity contribution is 0.683. The van der Waals surface area contributed by atoms with Crippen molar-refractivity contribution in [2.24, 2.45) is 12.8 Å². The quantitative estimate of drug-likeness (QED) is 0.779. The summed E-state index contributed by atoms with van der Waals surface area (Å²) < 4.78 is 2.13. The van der Waals surface area contributed by atoms with Crippen LogP contribution < -0.4 is 5.73 Å². The summed E-state index contributed by atoms with van der Waals surface area (Å²) in [6.07, 6.45) is 5.29. The second-order valence-electron chi connectivity index (χ2n) is 4.24. The molecule has 1 heterocycles. The topological polar surface area (TPSA) is 43.8 Å². The van der Waals surface area contributed by atoms with Crippen molar-refractivity contribution in [2.75, 3.05) is 0 Å². The molecule has 0 aliphatic heterocycles. The van der Waals surface area contributed by atoms with Crippen molar-refractivity contribution < 1.29 is 0 Å². The van der Waals surface area contributed by atoms with Crippen molar-refractivity contribution in [1.29, 1.82) is 0 Å².